The third-order valence-corrected chi connectivity index (χ3v) is 3.98. The van der Waals surface area contributed by atoms with Gasteiger partial charge in [-0.2, -0.15) is 0 Å². The molecule has 0 aliphatic carbocycles. The number of nitrogens with zero attached hydrogens (tertiary/aromatic N) is 1. The molecule has 0 spiro atoms. The van der Waals surface area contributed by atoms with Gasteiger partial charge in [-0.1, -0.05) is 25.1 Å². The highest BCUT2D eigenvalue weighted by Crippen LogP contribution is 2.32. The molecule has 0 saturated carbocycles. The molecule has 2 nitrogen and oxygen atoms in total. The Hall–Kier alpha value is -1.39. The predicted octanol–water partition coefficient (Wildman–Crippen LogP) is 4.86. The summed E-state index contributed by atoms with van der Waals surface area (Å²) in [6.07, 6.45) is 1.12. The fourth-order valence-corrected chi connectivity index (χ4v) is 2.89. The lowest BCUT2D eigenvalue weighted by Gasteiger charge is -2.22. The van der Waals surface area contributed by atoms with Gasteiger partial charge >= 0.3 is 0 Å². The minimum atomic E-state index is -0.222. The molecule has 0 radical (unpaired) electrons. The van der Waals surface area contributed by atoms with Crippen molar-refractivity contribution in [2.75, 3.05) is 18.5 Å². The van der Waals surface area contributed by atoms with Crippen molar-refractivity contribution < 1.29 is 4.39 Å². The molecule has 2 aromatic rings. The highest BCUT2D eigenvalue weighted by molar-refractivity contribution is 9.10. The largest absolute Gasteiger partial charge is 0.341 e. The second kappa shape index (κ2) is 7.57. The molecule has 0 unspecified atom stereocenters. The van der Waals surface area contributed by atoms with Crippen LogP contribution in [0.15, 0.2) is 46.9 Å². The molecule has 0 bridgehead atoms. The van der Waals surface area contributed by atoms with Crippen LogP contribution in [-0.2, 0) is 6.54 Å². The van der Waals surface area contributed by atoms with E-state index in [0.717, 1.165) is 29.7 Å². The summed E-state index contributed by atoms with van der Waals surface area (Å²) in [5.74, 6) is -0.222. The summed E-state index contributed by atoms with van der Waals surface area (Å²) >= 11 is 3.59. The summed E-state index contributed by atoms with van der Waals surface area (Å²) in [4.78, 5) is 1.85. The molecule has 0 fully saturated rings. The van der Waals surface area contributed by atoms with Crippen LogP contribution < -0.4 is 10.2 Å². The first kappa shape index (κ1) is 16.0. The van der Waals surface area contributed by atoms with E-state index in [2.05, 4.69) is 40.3 Å². The van der Waals surface area contributed by atoms with E-state index in [9.17, 15) is 4.39 Å². The monoisotopic (exact) mass is 350 g/mol. The molecule has 2 rings (SSSR count). The zero-order valence-corrected chi connectivity index (χ0v) is 14.0. The Morgan fingerprint density at radius 1 is 1.14 bits per heavy atom. The van der Waals surface area contributed by atoms with Gasteiger partial charge in [0.25, 0.3) is 0 Å². The zero-order chi connectivity index (χ0) is 15.2. The van der Waals surface area contributed by atoms with Gasteiger partial charge in [0, 0.05) is 18.1 Å². The van der Waals surface area contributed by atoms with E-state index < -0.39 is 0 Å². The Morgan fingerprint density at radius 3 is 2.57 bits per heavy atom. The number of anilines is 2. The molecular formula is C17H20BrFN2. The average Bonchev–Trinajstić information content (AvgIpc) is 2.47. The molecule has 4 heteroatoms. The third-order valence-electron chi connectivity index (χ3n) is 3.34. The van der Waals surface area contributed by atoms with Gasteiger partial charge in [-0.05, 0) is 58.7 Å². The first-order valence-corrected chi connectivity index (χ1v) is 7.90. The van der Waals surface area contributed by atoms with Crippen molar-refractivity contribution in [2.45, 2.75) is 19.9 Å². The third kappa shape index (κ3) is 4.05. The summed E-state index contributed by atoms with van der Waals surface area (Å²) in [5.41, 5.74) is 2.72. The Kier molecular flexibility index (Phi) is 5.76. The van der Waals surface area contributed by atoms with Gasteiger partial charge in [-0.15, -0.1) is 0 Å². The summed E-state index contributed by atoms with van der Waals surface area (Å²) in [7, 11) is 1.87. The Morgan fingerprint density at radius 2 is 1.90 bits per heavy atom. The van der Waals surface area contributed by atoms with Crippen LogP contribution in [0.4, 0.5) is 15.8 Å². The number of hydrogen-bond donors (Lipinski definition) is 1. The normalized spacial score (nSPS) is 10.7. The van der Waals surface area contributed by atoms with E-state index >= 15 is 0 Å². The molecule has 0 saturated heterocycles. The van der Waals surface area contributed by atoms with E-state index in [1.54, 1.807) is 12.1 Å². The maximum Gasteiger partial charge on any atom is 0.146 e. The predicted molar refractivity (Wildman–Crippen MR) is 90.6 cm³/mol. The Labute approximate surface area is 134 Å². The lowest BCUT2D eigenvalue weighted by atomic mass is 10.1. The summed E-state index contributed by atoms with van der Waals surface area (Å²) in [6.45, 7) is 4.00. The summed E-state index contributed by atoms with van der Waals surface area (Å²) < 4.78 is 14.8. The molecule has 1 N–H and O–H groups in total. The van der Waals surface area contributed by atoms with Crippen molar-refractivity contribution in [1.82, 2.24) is 5.32 Å². The van der Waals surface area contributed by atoms with Crippen LogP contribution in [0, 0.1) is 5.82 Å². The van der Waals surface area contributed by atoms with Gasteiger partial charge in [-0.3, -0.25) is 0 Å². The Bertz CT molecular complexity index is 601. The van der Waals surface area contributed by atoms with Crippen LogP contribution >= 0.6 is 15.9 Å². The minimum Gasteiger partial charge on any atom is -0.341 e. The lowest BCUT2D eigenvalue weighted by Crippen LogP contribution is -2.15. The summed E-state index contributed by atoms with van der Waals surface area (Å²) in [5, 5.41) is 3.37. The molecule has 0 aliphatic heterocycles. The van der Waals surface area contributed by atoms with Crippen LogP contribution in [-0.4, -0.2) is 13.6 Å². The van der Waals surface area contributed by atoms with Gasteiger partial charge in [0.05, 0.1) is 11.4 Å². The van der Waals surface area contributed by atoms with E-state index in [4.69, 9.17) is 0 Å². The molecular weight excluding hydrogens is 331 g/mol. The number of para-hydroxylation sites is 1. The van der Waals surface area contributed by atoms with Crippen molar-refractivity contribution in [3.63, 3.8) is 0 Å². The van der Waals surface area contributed by atoms with E-state index in [0.29, 0.717) is 5.69 Å². The molecule has 112 valence electrons. The molecule has 0 amide bonds. The first-order valence-electron chi connectivity index (χ1n) is 7.11. The molecule has 0 heterocycles. The van der Waals surface area contributed by atoms with Crippen LogP contribution in [0.3, 0.4) is 0 Å². The Balaban J connectivity index is 2.19. The molecule has 2 aromatic carbocycles. The maximum atomic E-state index is 13.9. The van der Waals surface area contributed by atoms with Gasteiger partial charge in [0.2, 0.25) is 0 Å². The number of hydrogen-bond acceptors (Lipinski definition) is 2. The van der Waals surface area contributed by atoms with Crippen LogP contribution in [0.2, 0.25) is 0 Å². The highest BCUT2D eigenvalue weighted by Gasteiger charge is 2.11. The van der Waals surface area contributed by atoms with Crippen LogP contribution in [0.1, 0.15) is 18.9 Å². The molecule has 0 aromatic heterocycles. The smallest absolute Gasteiger partial charge is 0.146 e. The van der Waals surface area contributed by atoms with Crippen molar-refractivity contribution >= 4 is 27.3 Å². The number of halogens is 2. The number of nitrogens with one attached hydrogen (secondary N) is 1. The number of rotatable bonds is 6. The van der Waals surface area contributed by atoms with Gasteiger partial charge in [-0.25, -0.2) is 4.39 Å². The maximum absolute atomic E-state index is 13.9. The first-order chi connectivity index (χ1) is 10.1. The van der Waals surface area contributed by atoms with E-state index in [1.807, 2.05) is 24.1 Å². The highest BCUT2D eigenvalue weighted by atomic mass is 79.9. The second-order valence-electron chi connectivity index (χ2n) is 4.97. The number of benzene rings is 2. The SMILES string of the molecule is CCCNCc1ccc(N(C)c2ccccc2F)c(Br)c1. The fourth-order valence-electron chi connectivity index (χ4n) is 2.20. The van der Waals surface area contributed by atoms with Crippen molar-refractivity contribution in [1.29, 1.82) is 0 Å². The summed E-state index contributed by atoms with van der Waals surface area (Å²) in [6, 6.07) is 13.0. The van der Waals surface area contributed by atoms with Crippen LogP contribution in [0.25, 0.3) is 0 Å². The molecule has 0 atom stereocenters. The van der Waals surface area contributed by atoms with Crippen molar-refractivity contribution in [3.8, 4) is 0 Å². The van der Waals surface area contributed by atoms with E-state index in [-0.39, 0.29) is 5.82 Å². The van der Waals surface area contributed by atoms with Gasteiger partial charge in [0.15, 0.2) is 0 Å². The fraction of sp³-hybridized carbons (Fsp3) is 0.294. The average molecular weight is 351 g/mol. The lowest BCUT2D eigenvalue weighted by molar-refractivity contribution is 0.627. The zero-order valence-electron chi connectivity index (χ0n) is 12.4. The van der Waals surface area contributed by atoms with E-state index in [1.165, 1.54) is 11.6 Å². The van der Waals surface area contributed by atoms with Crippen LogP contribution in [0.5, 0.6) is 0 Å². The van der Waals surface area contributed by atoms with Gasteiger partial charge in [0.1, 0.15) is 5.82 Å². The topological polar surface area (TPSA) is 15.3 Å². The minimum absolute atomic E-state index is 0.222. The molecule has 21 heavy (non-hydrogen) atoms. The van der Waals surface area contributed by atoms with Crippen molar-refractivity contribution in [3.05, 3.63) is 58.3 Å². The van der Waals surface area contributed by atoms with Crippen molar-refractivity contribution in [2.24, 2.45) is 0 Å². The quantitative estimate of drug-likeness (QED) is 0.748. The molecule has 0 aliphatic rings. The standard InChI is InChI=1S/C17H20BrFN2/c1-3-10-20-12-13-8-9-16(14(18)11-13)21(2)17-7-5-4-6-15(17)19/h4-9,11,20H,3,10,12H2,1-2H3. The second-order valence-corrected chi connectivity index (χ2v) is 5.83. The van der Waals surface area contributed by atoms with Gasteiger partial charge < -0.3 is 10.2 Å².